The predicted molar refractivity (Wildman–Crippen MR) is 126 cm³/mol. The zero-order chi connectivity index (χ0) is 20.5. The van der Waals surface area contributed by atoms with Crippen molar-refractivity contribution >= 4 is 32.6 Å². The van der Waals surface area contributed by atoms with Gasteiger partial charge in [-0.1, -0.05) is 73.3 Å². The van der Waals surface area contributed by atoms with Gasteiger partial charge >= 0.3 is 0 Å². The molecule has 0 saturated heterocycles. The van der Waals surface area contributed by atoms with Crippen LogP contribution in [0.5, 0.6) is 0 Å². The summed E-state index contributed by atoms with van der Waals surface area (Å²) in [6.45, 7) is 3.71. The minimum Gasteiger partial charge on any atom is -0.309 e. The molecule has 0 spiro atoms. The fraction of sp³-hybridized carbons (Fsp3) is 0.0357. The second-order valence-corrected chi connectivity index (χ2v) is 7.38. The van der Waals surface area contributed by atoms with Gasteiger partial charge in [-0.15, -0.1) is 0 Å². The van der Waals surface area contributed by atoms with Gasteiger partial charge in [-0.25, -0.2) is 0 Å². The number of allylic oxidation sites excluding steroid dienone is 3. The Morgan fingerprint density at radius 1 is 0.867 bits per heavy atom. The summed E-state index contributed by atoms with van der Waals surface area (Å²) in [5, 5.41) is 14.2. The fourth-order valence-corrected chi connectivity index (χ4v) is 4.22. The van der Waals surface area contributed by atoms with Crippen molar-refractivity contribution in [3.8, 4) is 11.8 Å². The van der Waals surface area contributed by atoms with Crippen LogP contribution < -0.4 is 0 Å². The topological polar surface area (TPSA) is 28.7 Å². The van der Waals surface area contributed by atoms with Gasteiger partial charge in [0.15, 0.2) is 0 Å². The summed E-state index contributed by atoms with van der Waals surface area (Å²) in [7, 11) is 0. The summed E-state index contributed by atoms with van der Waals surface area (Å²) in [4.78, 5) is 0. The summed E-state index contributed by atoms with van der Waals surface area (Å²) in [5.41, 5.74) is 5.32. The van der Waals surface area contributed by atoms with Crippen molar-refractivity contribution in [2.75, 3.05) is 0 Å². The van der Waals surface area contributed by atoms with E-state index in [9.17, 15) is 5.26 Å². The Morgan fingerprint density at radius 2 is 1.63 bits per heavy atom. The predicted octanol–water partition coefficient (Wildman–Crippen LogP) is 7.12. The van der Waals surface area contributed by atoms with E-state index >= 15 is 0 Å². The Kier molecular flexibility index (Phi) is 4.42. The second kappa shape index (κ2) is 7.39. The van der Waals surface area contributed by atoms with Gasteiger partial charge in [0.25, 0.3) is 0 Å². The third kappa shape index (κ3) is 2.89. The third-order valence-electron chi connectivity index (χ3n) is 5.64. The zero-order valence-corrected chi connectivity index (χ0v) is 16.5. The number of nitrogens with zero attached hydrogens (tertiary/aromatic N) is 2. The molecule has 1 heterocycles. The van der Waals surface area contributed by atoms with Crippen LogP contribution in [-0.4, -0.2) is 4.57 Å². The van der Waals surface area contributed by atoms with Crippen LogP contribution in [0.2, 0.25) is 0 Å². The second-order valence-electron chi connectivity index (χ2n) is 7.38. The van der Waals surface area contributed by atoms with Crippen molar-refractivity contribution < 1.29 is 0 Å². The molecule has 0 aliphatic rings. The lowest BCUT2D eigenvalue weighted by Gasteiger charge is -2.08. The molecule has 142 valence electrons. The fourth-order valence-electron chi connectivity index (χ4n) is 4.22. The van der Waals surface area contributed by atoms with E-state index in [0.717, 1.165) is 5.69 Å². The summed E-state index contributed by atoms with van der Waals surface area (Å²) in [5.74, 6) is 0. The van der Waals surface area contributed by atoms with Crippen molar-refractivity contribution in [3.05, 3.63) is 115 Å². The third-order valence-corrected chi connectivity index (χ3v) is 5.64. The van der Waals surface area contributed by atoms with E-state index in [1.54, 1.807) is 6.08 Å². The van der Waals surface area contributed by atoms with E-state index in [-0.39, 0.29) is 0 Å². The van der Waals surface area contributed by atoms with Gasteiger partial charge in [0.05, 0.1) is 17.1 Å². The summed E-state index contributed by atoms with van der Waals surface area (Å²) in [6.07, 6.45) is 4.24. The zero-order valence-electron chi connectivity index (χ0n) is 16.5. The van der Waals surface area contributed by atoms with E-state index in [2.05, 4.69) is 96.1 Å². The maximum Gasteiger partial charge on any atom is 0.0988 e. The van der Waals surface area contributed by atoms with Gasteiger partial charge < -0.3 is 4.57 Å². The molecule has 0 atom stereocenters. The van der Waals surface area contributed by atoms with Crippen molar-refractivity contribution in [2.45, 2.75) is 6.42 Å². The number of para-hydroxylation sites is 1. The highest BCUT2D eigenvalue weighted by Gasteiger charge is 2.15. The first-order valence-electron chi connectivity index (χ1n) is 10.0. The molecular weight excluding hydrogens is 364 g/mol. The monoisotopic (exact) mass is 384 g/mol. The molecule has 5 rings (SSSR count). The maximum atomic E-state index is 9.17. The van der Waals surface area contributed by atoms with Crippen LogP contribution in [0.15, 0.2) is 109 Å². The highest BCUT2D eigenvalue weighted by molar-refractivity contribution is 6.21. The van der Waals surface area contributed by atoms with Crippen LogP contribution >= 0.6 is 0 Å². The van der Waals surface area contributed by atoms with Crippen LogP contribution in [0, 0.1) is 11.3 Å². The Hall–Kier alpha value is -4.09. The Morgan fingerprint density at radius 3 is 2.43 bits per heavy atom. The molecule has 0 radical (unpaired) electrons. The number of rotatable bonds is 4. The van der Waals surface area contributed by atoms with Crippen LogP contribution in [0.1, 0.15) is 5.56 Å². The average molecular weight is 384 g/mol. The molecule has 0 amide bonds. The number of hydrogen-bond acceptors (Lipinski definition) is 1. The smallest absolute Gasteiger partial charge is 0.0988 e. The molecule has 4 aromatic carbocycles. The molecule has 5 aromatic rings. The molecule has 1 aromatic heterocycles. The van der Waals surface area contributed by atoms with Gasteiger partial charge in [0.1, 0.15) is 0 Å². The highest BCUT2D eigenvalue weighted by atomic mass is 15.0. The molecule has 30 heavy (non-hydrogen) atoms. The SMILES string of the molecule is C=C/C(C#N)=C\Cc1ccc2c(c1)c1c3ccccc3ccc1n2-c1ccccc1. The van der Waals surface area contributed by atoms with Gasteiger partial charge in [-0.2, -0.15) is 5.26 Å². The Labute approximate surface area is 175 Å². The van der Waals surface area contributed by atoms with Crippen molar-refractivity contribution in [1.29, 1.82) is 5.26 Å². The first kappa shape index (κ1) is 18.0. The summed E-state index contributed by atoms with van der Waals surface area (Å²) in [6, 6.07) is 32.2. The van der Waals surface area contributed by atoms with Gasteiger partial charge in [-0.3, -0.25) is 0 Å². The lowest BCUT2D eigenvalue weighted by Crippen LogP contribution is -1.93. The van der Waals surface area contributed by atoms with Crippen molar-refractivity contribution in [3.63, 3.8) is 0 Å². The molecule has 2 nitrogen and oxygen atoms in total. The van der Waals surface area contributed by atoms with E-state index in [1.165, 1.54) is 38.1 Å². The van der Waals surface area contributed by atoms with Crippen molar-refractivity contribution in [2.24, 2.45) is 0 Å². The molecule has 0 saturated carbocycles. The molecule has 2 heteroatoms. The molecule has 0 aliphatic carbocycles. The lowest BCUT2D eigenvalue weighted by molar-refractivity contribution is 1.18. The van der Waals surface area contributed by atoms with E-state index < -0.39 is 0 Å². The van der Waals surface area contributed by atoms with E-state index in [1.807, 2.05) is 12.1 Å². The lowest BCUT2D eigenvalue weighted by atomic mass is 10.0. The quantitative estimate of drug-likeness (QED) is 0.240. The molecular formula is C28H20N2. The highest BCUT2D eigenvalue weighted by Crippen LogP contribution is 2.37. The van der Waals surface area contributed by atoms with Crippen LogP contribution in [-0.2, 0) is 6.42 Å². The van der Waals surface area contributed by atoms with Gasteiger partial charge in [-0.05, 0) is 53.1 Å². The van der Waals surface area contributed by atoms with Crippen LogP contribution in [0.4, 0.5) is 0 Å². The van der Waals surface area contributed by atoms with Crippen molar-refractivity contribution in [1.82, 2.24) is 4.57 Å². The maximum absolute atomic E-state index is 9.17. The minimum absolute atomic E-state index is 0.604. The molecule has 0 aliphatic heterocycles. The Balaban J connectivity index is 1.84. The normalized spacial score (nSPS) is 11.8. The van der Waals surface area contributed by atoms with Crippen LogP contribution in [0.25, 0.3) is 38.3 Å². The first-order chi connectivity index (χ1) is 14.8. The van der Waals surface area contributed by atoms with Gasteiger partial charge in [0, 0.05) is 22.0 Å². The average Bonchev–Trinajstić information content (AvgIpc) is 3.14. The number of aromatic nitrogens is 1. The molecule has 0 unspecified atom stereocenters. The summed E-state index contributed by atoms with van der Waals surface area (Å²) >= 11 is 0. The number of fused-ring (bicyclic) bond motifs is 5. The Bertz CT molecular complexity index is 1480. The minimum atomic E-state index is 0.604. The summed E-state index contributed by atoms with van der Waals surface area (Å²) < 4.78 is 2.33. The molecule has 0 N–H and O–H groups in total. The standard InChI is InChI=1S/C28H20N2/c1-2-20(19-29)12-13-21-14-16-26-25(18-21)28-24-11-7-6-8-22(24)15-17-27(28)30(26)23-9-4-3-5-10-23/h2-12,14-18H,1,13H2/b20-12+. The molecule has 0 bridgehead atoms. The number of nitriles is 1. The van der Waals surface area contributed by atoms with E-state index in [0.29, 0.717) is 12.0 Å². The first-order valence-corrected chi connectivity index (χ1v) is 10.0. The van der Waals surface area contributed by atoms with E-state index in [4.69, 9.17) is 0 Å². The van der Waals surface area contributed by atoms with Crippen LogP contribution in [0.3, 0.4) is 0 Å². The number of hydrogen-bond donors (Lipinski definition) is 0. The number of benzene rings is 4. The van der Waals surface area contributed by atoms with Gasteiger partial charge in [0.2, 0.25) is 0 Å². The molecule has 0 fully saturated rings. The largest absolute Gasteiger partial charge is 0.309 e.